The molecule has 0 saturated heterocycles. The lowest BCUT2D eigenvalue weighted by Crippen LogP contribution is -2.39. The van der Waals surface area contributed by atoms with Crippen molar-refractivity contribution in [1.82, 2.24) is 5.32 Å². The zero-order chi connectivity index (χ0) is 16.4. The molecule has 0 aromatic carbocycles. The summed E-state index contributed by atoms with van der Waals surface area (Å²) in [5.41, 5.74) is -0.693. The van der Waals surface area contributed by atoms with Crippen LogP contribution in [0.3, 0.4) is 0 Å². The number of alkyl carbamates (subject to hydrolysis) is 1. The topological polar surface area (TPSA) is 51.5 Å². The molecule has 1 unspecified atom stereocenters. The molecule has 21 heavy (non-hydrogen) atoms. The summed E-state index contributed by atoms with van der Waals surface area (Å²) in [5.74, 6) is 2.00. The molecule has 1 atom stereocenters. The minimum Gasteiger partial charge on any atom is -0.464 e. The minimum absolute atomic E-state index is 0.178. The average molecular weight is 295 g/mol. The molecule has 0 radical (unpaired) electrons. The highest BCUT2D eigenvalue weighted by Crippen LogP contribution is 2.35. The first-order valence-electron chi connectivity index (χ1n) is 7.49. The lowest BCUT2D eigenvalue weighted by molar-refractivity contribution is 0.0449. The average Bonchev–Trinajstić information content (AvgIpc) is 2.70. The maximum absolute atomic E-state index is 12.1. The van der Waals surface area contributed by atoms with E-state index in [1.54, 1.807) is 0 Å². The molecule has 0 saturated carbocycles. The van der Waals surface area contributed by atoms with Crippen LogP contribution < -0.4 is 5.32 Å². The highest BCUT2D eigenvalue weighted by Gasteiger charge is 2.32. The van der Waals surface area contributed by atoms with Crippen molar-refractivity contribution < 1.29 is 13.9 Å². The fourth-order valence-electron chi connectivity index (χ4n) is 1.97. The van der Waals surface area contributed by atoms with Crippen LogP contribution in [0.1, 0.15) is 78.9 Å². The molecule has 1 amide bonds. The van der Waals surface area contributed by atoms with Crippen molar-refractivity contribution in [2.24, 2.45) is 5.41 Å². The van der Waals surface area contributed by atoms with Gasteiger partial charge in [0.2, 0.25) is 0 Å². The number of ether oxygens (including phenoxy) is 1. The summed E-state index contributed by atoms with van der Waals surface area (Å²) in [4.78, 5) is 12.1. The third-order valence-electron chi connectivity index (χ3n) is 3.03. The van der Waals surface area contributed by atoms with Crippen molar-refractivity contribution >= 4 is 6.09 Å². The zero-order valence-corrected chi connectivity index (χ0v) is 14.5. The lowest BCUT2D eigenvalue weighted by Gasteiger charge is -2.31. The van der Waals surface area contributed by atoms with Crippen LogP contribution in [0.2, 0.25) is 0 Å². The zero-order valence-electron chi connectivity index (χ0n) is 14.5. The molecular weight excluding hydrogens is 266 g/mol. The van der Waals surface area contributed by atoms with Gasteiger partial charge in [0.25, 0.3) is 0 Å². The molecule has 1 aromatic heterocycles. The van der Waals surface area contributed by atoms with Gasteiger partial charge in [0.1, 0.15) is 17.1 Å². The van der Waals surface area contributed by atoms with Crippen LogP contribution >= 0.6 is 0 Å². The number of carbonyl (C=O) groups excluding carboxylic acids is 1. The van der Waals surface area contributed by atoms with Gasteiger partial charge in [-0.15, -0.1) is 0 Å². The molecule has 1 N–H and O–H groups in total. The van der Waals surface area contributed by atoms with Gasteiger partial charge in [-0.2, -0.15) is 0 Å². The number of amides is 1. The Balaban J connectivity index is 2.94. The standard InChI is InChI=1S/C17H29NO3/c1-11(2)12-9-10-13(20-12)14(16(3,4)5)18-15(19)21-17(6,7)8/h9-11,14H,1-8H3,(H,18,19). The summed E-state index contributed by atoms with van der Waals surface area (Å²) < 4.78 is 11.2. The second kappa shape index (κ2) is 6.12. The SMILES string of the molecule is CC(C)c1ccc(C(NC(=O)OC(C)(C)C)C(C)(C)C)o1. The number of carbonyl (C=O) groups is 1. The van der Waals surface area contributed by atoms with Gasteiger partial charge in [0, 0.05) is 5.92 Å². The van der Waals surface area contributed by atoms with E-state index in [-0.39, 0.29) is 11.5 Å². The molecule has 0 aliphatic rings. The van der Waals surface area contributed by atoms with E-state index in [2.05, 4.69) is 39.9 Å². The Bertz CT molecular complexity index is 475. The Morgan fingerprint density at radius 1 is 1.10 bits per heavy atom. The number of nitrogens with one attached hydrogen (secondary N) is 1. The van der Waals surface area contributed by atoms with E-state index in [0.29, 0.717) is 5.92 Å². The molecule has 120 valence electrons. The molecule has 4 heteroatoms. The van der Waals surface area contributed by atoms with E-state index in [0.717, 1.165) is 11.5 Å². The minimum atomic E-state index is -0.515. The maximum Gasteiger partial charge on any atom is 0.408 e. The monoisotopic (exact) mass is 295 g/mol. The predicted octanol–water partition coefficient (Wildman–Crippen LogP) is 5.01. The molecule has 0 fully saturated rings. The number of hydrogen-bond donors (Lipinski definition) is 1. The number of hydrogen-bond acceptors (Lipinski definition) is 3. The molecule has 1 aromatic rings. The number of rotatable bonds is 3. The van der Waals surface area contributed by atoms with Crippen LogP contribution in [-0.2, 0) is 4.74 Å². The van der Waals surface area contributed by atoms with Crippen molar-refractivity contribution in [3.05, 3.63) is 23.7 Å². The van der Waals surface area contributed by atoms with E-state index < -0.39 is 11.7 Å². The van der Waals surface area contributed by atoms with Gasteiger partial charge < -0.3 is 14.5 Å². The van der Waals surface area contributed by atoms with Crippen LogP contribution in [0.25, 0.3) is 0 Å². The van der Waals surface area contributed by atoms with E-state index in [1.807, 2.05) is 32.9 Å². The van der Waals surface area contributed by atoms with Crippen molar-refractivity contribution in [2.75, 3.05) is 0 Å². The maximum atomic E-state index is 12.1. The number of furan rings is 1. The Labute approximate surface area is 128 Å². The van der Waals surface area contributed by atoms with Gasteiger partial charge in [0.15, 0.2) is 0 Å². The summed E-state index contributed by atoms with van der Waals surface area (Å²) in [6, 6.07) is 3.66. The Morgan fingerprint density at radius 3 is 2.00 bits per heavy atom. The Hall–Kier alpha value is -1.45. The molecular formula is C17H29NO3. The van der Waals surface area contributed by atoms with Gasteiger partial charge in [-0.3, -0.25) is 0 Å². The van der Waals surface area contributed by atoms with Crippen molar-refractivity contribution in [1.29, 1.82) is 0 Å². The summed E-state index contributed by atoms with van der Waals surface area (Å²) in [6.07, 6.45) is -0.426. The molecule has 0 spiro atoms. The summed E-state index contributed by atoms with van der Waals surface area (Å²) in [7, 11) is 0. The molecule has 0 bridgehead atoms. The van der Waals surface area contributed by atoms with Crippen LogP contribution in [0.5, 0.6) is 0 Å². The lowest BCUT2D eigenvalue weighted by atomic mass is 9.85. The fourth-order valence-corrected chi connectivity index (χ4v) is 1.97. The van der Waals surface area contributed by atoms with Crippen LogP contribution in [0, 0.1) is 5.41 Å². The highest BCUT2D eigenvalue weighted by molar-refractivity contribution is 5.68. The van der Waals surface area contributed by atoms with Gasteiger partial charge in [-0.25, -0.2) is 4.79 Å². The first kappa shape index (κ1) is 17.6. The second-order valence-corrected chi connectivity index (χ2v) is 7.84. The molecule has 0 aliphatic carbocycles. The Kier molecular flexibility index (Phi) is 5.13. The van der Waals surface area contributed by atoms with Gasteiger partial charge >= 0.3 is 6.09 Å². The first-order chi connectivity index (χ1) is 9.40. The van der Waals surface area contributed by atoms with Gasteiger partial charge in [-0.1, -0.05) is 34.6 Å². The largest absolute Gasteiger partial charge is 0.464 e. The second-order valence-electron chi connectivity index (χ2n) is 7.84. The molecule has 1 rings (SSSR count). The Morgan fingerprint density at radius 2 is 1.62 bits per heavy atom. The highest BCUT2D eigenvalue weighted by atomic mass is 16.6. The van der Waals surface area contributed by atoms with Crippen molar-refractivity contribution in [3.63, 3.8) is 0 Å². The smallest absolute Gasteiger partial charge is 0.408 e. The van der Waals surface area contributed by atoms with E-state index in [4.69, 9.17) is 9.15 Å². The third kappa shape index (κ3) is 5.44. The van der Waals surface area contributed by atoms with Gasteiger partial charge in [0.05, 0.1) is 6.04 Å². The van der Waals surface area contributed by atoms with Crippen molar-refractivity contribution in [2.45, 2.75) is 73.0 Å². The third-order valence-corrected chi connectivity index (χ3v) is 3.03. The molecule has 4 nitrogen and oxygen atoms in total. The van der Waals surface area contributed by atoms with E-state index >= 15 is 0 Å². The molecule has 1 heterocycles. The van der Waals surface area contributed by atoms with Crippen LogP contribution in [0.15, 0.2) is 16.5 Å². The quantitative estimate of drug-likeness (QED) is 0.852. The van der Waals surface area contributed by atoms with E-state index in [9.17, 15) is 4.79 Å². The van der Waals surface area contributed by atoms with E-state index in [1.165, 1.54) is 0 Å². The molecule has 0 aliphatic heterocycles. The normalized spacial score (nSPS) is 14.1. The summed E-state index contributed by atoms with van der Waals surface area (Å²) in [5, 5.41) is 2.93. The fraction of sp³-hybridized carbons (Fsp3) is 0.706. The van der Waals surface area contributed by atoms with Crippen molar-refractivity contribution in [3.8, 4) is 0 Å². The predicted molar refractivity (Wildman–Crippen MR) is 84.4 cm³/mol. The first-order valence-corrected chi connectivity index (χ1v) is 7.49. The summed E-state index contributed by atoms with van der Waals surface area (Å²) >= 11 is 0. The summed E-state index contributed by atoms with van der Waals surface area (Å²) in [6.45, 7) is 15.9. The van der Waals surface area contributed by atoms with Crippen LogP contribution in [-0.4, -0.2) is 11.7 Å². The van der Waals surface area contributed by atoms with Gasteiger partial charge in [-0.05, 0) is 38.3 Å². The van der Waals surface area contributed by atoms with Crippen LogP contribution in [0.4, 0.5) is 4.79 Å².